The van der Waals surface area contributed by atoms with Gasteiger partial charge < -0.3 is 24.1 Å². The Morgan fingerprint density at radius 1 is 1.16 bits per heavy atom. The maximum absolute atomic E-state index is 12.8. The first kappa shape index (κ1) is 22.7. The highest BCUT2D eigenvalue weighted by atomic mass is 16.6. The number of aliphatic hydroxyl groups excluding tert-OH is 1. The standard InChI is InChI=1S/C24H33NO7/c1-23-8-7-20(32-22(28)25-14-9-15(29-3)11-16(10-14)30-4)24(2,13-26)19(23)6-5-18-17(23)12-21(27)31-18/h9-11,17-20,26H,5-8,12-13H2,1-4H3,(H,25,28)/t17-,18-,19?,20-,23+,24+/m1/s1. The number of aliphatic hydroxyl groups is 1. The number of rotatable bonds is 5. The molecular formula is C24H33NO7. The van der Waals surface area contributed by atoms with Crippen LogP contribution in [0.4, 0.5) is 10.5 Å². The third kappa shape index (κ3) is 3.78. The largest absolute Gasteiger partial charge is 0.497 e. The summed E-state index contributed by atoms with van der Waals surface area (Å²) in [5, 5.41) is 13.2. The summed E-state index contributed by atoms with van der Waals surface area (Å²) in [5.41, 5.74) is -0.240. The van der Waals surface area contributed by atoms with Gasteiger partial charge in [0.25, 0.3) is 0 Å². The molecule has 1 unspecified atom stereocenters. The Morgan fingerprint density at radius 2 is 1.84 bits per heavy atom. The molecule has 6 atom stereocenters. The molecule has 4 rings (SSSR count). The zero-order valence-corrected chi connectivity index (χ0v) is 19.2. The third-order valence-electron chi connectivity index (χ3n) is 8.17. The van der Waals surface area contributed by atoms with E-state index in [4.69, 9.17) is 18.9 Å². The van der Waals surface area contributed by atoms with Gasteiger partial charge >= 0.3 is 12.1 Å². The van der Waals surface area contributed by atoms with E-state index < -0.39 is 17.6 Å². The summed E-state index contributed by atoms with van der Waals surface area (Å²) >= 11 is 0. The van der Waals surface area contributed by atoms with Gasteiger partial charge in [-0.05, 0) is 37.0 Å². The van der Waals surface area contributed by atoms with E-state index in [0.29, 0.717) is 30.0 Å². The summed E-state index contributed by atoms with van der Waals surface area (Å²) in [4.78, 5) is 24.8. The average Bonchev–Trinajstić information content (AvgIpc) is 3.17. The van der Waals surface area contributed by atoms with Crippen molar-refractivity contribution in [3.8, 4) is 11.5 Å². The number of hydrogen-bond acceptors (Lipinski definition) is 7. The molecule has 0 aromatic heterocycles. The smallest absolute Gasteiger partial charge is 0.411 e. The van der Waals surface area contributed by atoms with Gasteiger partial charge in [0.1, 0.15) is 23.7 Å². The zero-order valence-electron chi connectivity index (χ0n) is 19.2. The van der Waals surface area contributed by atoms with Crippen molar-refractivity contribution in [3.63, 3.8) is 0 Å². The quantitative estimate of drug-likeness (QED) is 0.663. The molecule has 2 saturated carbocycles. The molecule has 1 aliphatic heterocycles. The van der Waals surface area contributed by atoms with Crippen LogP contribution >= 0.6 is 0 Å². The Bertz CT molecular complexity index is 867. The van der Waals surface area contributed by atoms with Crippen LogP contribution in [0.15, 0.2) is 18.2 Å². The Labute approximate surface area is 188 Å². The maximum Gasteiger partial charge on any atom is 0.411 e. The second kappa shape index (κ2) is 8.46. The number of methoxy groups -OCH3 is 2. The normalized spacial score (nSPS) is 35.8. The lowest BCUT2D eigenvalue weighted by Gasteiger charge is -2.59. The third-order valence-corrected chi connectivity index (χ3v) is 8.17. The summed E-state index contributed by atoms with van der Waals surface area (Å²) in [7, 11) is 3.08. The molecule has 1 aromatic carbocycles. The van der Waals surface area contributed by atoms with Crippen LogP contribution in [-0.2, 0) is 14.3 Å². The van der Waals surface area contributed by atoms with Gasteiger partial charge in [0.2, 0.25) is 0 Å². The lowest BCUT2D eigenvalue weighted by Crippen LogP contribution is -2.59. The Kier molecular flexibility index (Phi) is 6.00. The van der Waals surface area contributed by atoms with Crippen molar-refractivity contribution in [3.05, 3.63) is 18.2 Å². The second-order valence-electron chi connectivity index (χ2n) is 9.80. The topological polar surface area (TPSA) is 103 Å². The molecule has 1 amide bonds. The van der Waals surface area contributed by atoms with E-state index in [9.17, 15) is 14.7 Å². The van der Waals surface area contributed by atoms with Crippen molar-refractivity contribution in [1.29, 1.82) is 0 Å². The minimum Gasteiger partial charge on any atom is -0.497 e. The summed E-state index contributed by atoms with van der Waals surface area (Å²) in [6.45, 7) is 4.12. The molecule has 32 heavy (non-hydrogen) atoms. The fourth-order valence-corrected chi connectivity index (χ4v) is 6.45. The van der Waals surface area contributed by atoms with Crippen molar-refractivity contribution >= 4 is 17.7 Å². The van der Waals surface area contributed by atoms with Crippen molar-refractivity contribution in [2.24, 2.45) is 22.7 Å². The number of ether oxygens (including phenoxy) is 4. The van der Waals surface area contributed by atoms with Gasteiger partial charge in [-0.2, -0.15) is 0 Å². The van der Waals surface area contributed by atoms with Gasteiger partial charge in [-0.3, -0.25) is 10.1 Å². The van der Waals surface area contributed by atoms with Crippen LogP contribution in [0.25, 0.3) is 0 Å². The number of amides is 1. The summed E-state index contributed by atoms with van der Waals surface area (Å²) in [6, 6.07) is 5.09. The number of anilines is 1. The summed E-state index contributed by atoms with van der Waals surface area (Å²) < 4.78 is 21.9. The fourth-order valence-electron chi connectivity index (χ4n) is 6.45. The SMILES string of the molecule is COc1cc(NC(=O)O[C@@H]2CC[C@]3(C)C(CC[C@H]4OC(=O)C[C@H]43)[C@]2(C)CO)cc(OC)c1. The molecule has 3 fully saturated rings. The van der Waals surface area contributed by atoms with Crippen molar-refractivity contribution < 1.29 is 33.6 Å². The minimum atomic E-state index is -0.604. The molecular weight excluding hydrogens is 414 g/mol. The maximum atomic E-state index is 12.8. The van der Waals surface area contributed by atoms with Gasteiger partial charge in [0.05, 0.1) is 32.9 Å². The molecule has 1 saturated heterocycles. The van der Waals surface area contributed by atoms with E-state index in [1.807, 2.05) is 6.92 Å². The van der Waals surface area contributed by atoms with Crippen LogP contribution < -0.4 is 14.8 Å². The van der Waals surface area contributed by atoms with Crippen LogP contribution in [0, 0.1) is 22.7 Å². The van der Waals surface area contributed by atoms with E-state index in [0.717, 1.165) is 19.3 Å². The molecule has 176 valence electrons. The first-order valence-electron chi connectivity index (χ1n) is 11.2. The molecule has 2 N–H and O–H groups in total. The summed E-state index contributed by atoms with van der Waals surface area (Å²) in [6.07, 6.45) is 2.44. The van der Waals surface area contributed by atoms with Crippen molar-refractivity contribution in [2.45, 2.75) is 58.2 Å². The molecule has 8 nitrogen and oxygen atoms in total. The van der Waals surface area contributed by atoms with Gasteiger partial charge in [0, 0.05) is 29.5 Å². The highest BCUT2D eigenvalue weighted by Crippen LogP contribution is 2.62. The van der Waals surface area contributed by atoms with Gasteiger partial charge in [-0.25, -0.2) is 4.79 Å². The van der Waals surface area contributed by atoms with Crippen LogP contribution in [0.3, 0.4) is 0 Å². The number of fused-ring (bicyclic) bond motifs is 3. The molecule has 2 aliphatic carbocycles. The van der Waals surface area contributed by atoms with Crippen LogP contribution in [0.2, 0.25) is 0 Å². The second-order valence-corrected chi connectivity index (χ2v) is 9.80. The van der Waals surface area contributed by atoms with E-state index in [1.54, 1.807) is 32.4 Å². The van der Waals surface area contributed by atoms with Crippen molar-refractivity contribution in [1.82, 2.24) is 0 Å². The monoisotopic (exact) mass is 447 g/mol. The number of benzene rings is 1. The lowest BCUT2D eigenvalue weighted by atomic mass is 9.46. The number of carbonyl (C=O) groups is 2. The van der Waals surface area contributed by atoms with E-state index in [1.165, 1.54) is 0 Å². The molecule has 0 spiro atoms. The minimum absolute atomic E-state index is 0.0319. The van der Waals surface area contributed by atoms with E-state index in [-0.39, 0.29) is 35.9 Å². The predicted molar refractivity (Wildman–Crippen MR) is 117 cm³/mol. The van der Waals surface area contributed by atoms with Crippen molar-refractivity contribution in [2.75, 3.05) is 26.1 Å². The zero-order chi connectivity index (χ0) is 23.1. The molecule has 8 heteroatoms. The highest BCUT2D eigenvalue weighted by molar-refractivity contribution is 5.85. The Morgan fingerprint density at radius 3 is 2.47 bits per heavy atom. The Balaban J connectivity index is 1.50. The lowest BCUT2D eigenvalue weighted by molar-refractivity contribution is -0.174. The number of carbonyl (C=O) groups excluding carboxylic acids is 2. The van der Waals surface area contributed by atoms with Crippen LogP contribution in [0.5, 0.6) is 11.5 Å². The first-order valence-corrected chi connectivity index (χ1v) is 11.2. The molecule has 0 bridgehead atoms. The average molecular weight is 448 g/mol. The number of esters is 1. The number of hydrogen-bond donors (Lipinski definition) is 2. The first-order chi connectivity index (χ1) is 15.2. The van der Waals surface area contributed by atoms with Gasteiger partial charge in [-0.15, -0.1) is 0 Å². The van der Waals surface area contributed by atoms with E-state index in [2.05, 4.69) is 12.2 Å². The molecule has 1 heterocycles. The Hall–Kier alpha value is -2.48. The predicted octanol–water partition coefficient (Wildman–Crippen LogP) is 3.76. The molecule has 1 aromatic rings. The molecule has 0 radical (unpaired) electrons. The summed E-state index contributed by atoms with van der Waals surface area (Å²) in [5.74, 6) is 1.26. The fraction of sp³-hybridized carbons (Fsp3) is 0.667. The van der Waals surface area contributed by atoms with E-state index >= 15 is 0 Å². The molecule has 3 aliphatic rings. The van der Waals surface area contributed by atoms with Gasteiger partial charge in [0.15, 0.2) is 0 Å². The van der Waals surface area contributed by atoms with Crippen LogP contribution in [0.1, 0.15) is 46.0 Å². The number of nitrogens with one attached hydrogen (secondary N) is 1. The highest BCUT2D eigenvalue weighted by Gasteiger charge is 2.62. The van der Waals surface area contributed by atoms with Gasteiger partial charge in [-0.1, -0.05) is 13.8 Å². The van der Waals surface area contributed by atoms with Crippen LogP contribution in [-0.4, -0.2) is 50.2 Å².